The summed E-state index contributed by atoms with van der Waals surface area (Å²) in [5, 5.41) is 7.95. The third-order valence-electron chi connectivity index (χ3n) is 1.94. The Morgan fingerprint density at radius 2 is 2.25 bits per heavy atom. The third-order valence-corrected chi connectivity index (χ3v) is 3.06. The number of rotatable bonds is 1. The highest BCUT2D eigenvalue weighted by Crippen LogP contribution is 2.40. The van der Waals surface area contributed by atoms with Crippen molar-refractivity contribution in [2.75, 3.05) is 0 Å². The van der Waals surface area contributed by atoms with Crippen molar-refractivity contribution in [3.8, 4) is 0 Å². The van der Waals surface area contributed by atoms with Crippen LogP contribution in [0.1, 0.15) is 6.42 Å². The first kappa shape index (κ1) is 7.60. The number of carboxylic acid groups (broad SMARTS) is 1. The zero-order valence-corrected chi connectivity index (χ0v) is 6.71. The highest BCUT2D eigenvalue weighted by Gasteiger charge is 2.54. The fourth-order valence-electron chi connectivity index (χ4n) is 1.34. The number of hydrogen-bond acceptors (Lipinski definition) is 4. The van der Waals surface area contributed by atoms with Gasteiger partial charge >= 0.3 is 5.97 Å². The molecule has 2 rings (SSSR count). The summed E-state index contributed by atoms with van der Waals surface area (Å²) < 4.78 is 0. The SMILES string of the molecule is O=C(O)C1C(=O)SC2CC(=O)N21. The van der Waals surface area contributed by atoms with Crippen LogP contribution in [-0.4, -0.2) is 38.4 Å². The molecule has 0 bridgehead atoms. The second-order valence-corrected chi connectivity index (χ2v) is 3.82. The predicted molar refractivity (Wildman–Crippen MR) is 39.3 cm³/mol. The number of carboxylic acids is 1. The van der Waals surface area contributed by atoms with Crippen LogP contribution in [0.4, 0.5) is 0 Å². The molecule has 0 saturated carbocycles. The number of nitrogens with zero attached hydrogens (tertiary/aromatic N) is 1. The largest absolute Gasteiger partial charge is 0.479 e. The lowest BCUT2D eigenvalue weighted by Crippen LogP contribution is -2.54. The van der Waals surface area contributed by atoms with Gasteiger partial charge in [-0.3, -0.25) is 9.59 Å². The number of β-lactam (4-membered cyclic amide) rings is 1. The molecule has 2 atom stereocenters. The highest BCUT2D eigenvalue weighted by molar-refractivity contribution is 8.14. The first-order chi connectivity index (χ1) is 5.61. The minimum atomic E-state index is -1.23. The topological polar surface area (TPSA) is 74.7 Å². The molecule has 0 aliphatic carbocycles. The number of thioether (sulfide) groups is 1. The van der Waals surface area contributed by atoms with E-state index < -0.39 is 17.1 Å². The zero-order valence-electron chi connectivity index (χ0n) is 5.89. The molecule has 0 aromatic heterocycles. The van der Waals surface area contributed by atoms with Crippen LogP contribution in [-0.2, 0) is 14.4 Å². The van der Waals surface area contributed by atoms with Crippen molar-refractivity contribution < 1.29 is 19.5 Å². The molecule has 6 heteroatoms. The Hall–Kier alpha value is -1.04. The van der Waals surface area contributed by atoms with Crippen molar-refractivity contribution in [1.29, 1.82) is 0 Å². The maximum Gasteiger partial charge on any atom is 0.335 e. The molecule has 12 heavy (non-hydrogen) atoms. The lowest BCUT2D eigenvalue weighted by molar-refractivity contribution is -0.157. The molecule has 64 valence electrons. The Kier molecular flexibility index (Phi) is 1.41. The quantitative estimate of drug-likeness (QED) is 0.432. The van der Waals surface area contributed by atoms with Gasteiger partial charge < -0.3 is 10.0 Å². The highest BCUT2D eigenvalue weighted by atomic mass is 32.2. The van der Waals surface area contributed by atoms with E-state index >= 15 is 0 Å². The van der Waals surface area contributed by atoms with Crippen molar-refractivity contribution in [3.05, 3.63) is 0 Å². The van der Waals surface area contributed by atoms with Crippen molar-refractivity contribution in [2.24, 2.45) is 0 Å². The predicted octanol–water partition coefficient (Wildman–Crippen LogP) is -0.729. The van der Waals surface area contributed by atoms with Crippen LogP contribution >= 0.6 is 11.8 Å². The zero-order chi connectivity index (χ0) is 8.88. The summed E-state index contributed by atoms with van der Waals surface area (Å²) in [5.41, 5.74) is 0. The first-order valence-corrected chi connectivity index (χ1v) is 4.23. The maximum atomic E-state index is 11.0. The van der Waals surface area contributed by atoms with Gasteiger partial charge in [0.25, 0.3) is 0 Å². The molecule has 0 spiro atoms. The van der Waals surface area contributed by atoms with E-state index in [4.69, 9.17) is 5.11 Å². The molecule has 5 nitrogen and oxygen atoms in total. The van der Waals surface area contributed by atoms with Gasteiger partial charge in [-0.2, -0.15) is 0 Å². The number of carbonyl (C=O) groups excluding carboxylic acids is 2. The van der Waals surface area contributed by atoms with Crippen LogP contribution in [0, 0.1) is 0 Å². The molecule has 2 aliphatic heterocycles. The first-order valence-electron chi connectivity index (χ1n) is 3.35. The van der Waals surface area contributed by atoms with E-state index in [1.807, 2.05) is 0 Å². The standard InChI is InChI=1S/C6H5NO4S/c8-2-1-3-7(2)4(5(9)10)6(11)12-3/h3-4H,1H2,(H,9,10). The Morgan fingerprint density at radius 3 is 2.67 bits per heavy atom. The minimum absolute atomic E-state index is 0.217. The Balaban J connectivity index is 2.26. The smallest absolute Gasteiger partial charge is 0.335 e. The normalized spacial score (nSPS) is 33.2. The van der Waals surface area contributed by atoms with Gasteiger partial charge in [0, 0.05) is 0 Å². The van der Waals surface area contributed by atoms with Crippen molar-refractivity contribution in [1.82, 2.24) is 4.90 Å². The van der Waals surface area contributed by atoms with Crippen LogP contribution in [0.25, 0.3) is 0 Å². The minimum Gasteiger partial charge on any atom is -0.479 e. The molecular formula is C6H5NO4S. The molecule has 2 fully saturated rings. The summed E-state index contributed by atoms with van der Waals surface area (Å²) in [6, 6.07) is -1.23. The van der Waals surface area contributed by atoms with Crippen molar-refractivity contribution >= 4 is 28.8 Å². The molecule has 2 saturated heterocycles. The molecule has 2 aliphatic rings. The number of hydrogen-bond donors (Lipinski definition) is 1. The number of aliphatic carboxylic acids is 1. The second kappa shape index (κ2) is 2.22. The Labute approximate surface area is 71.7 Å². The Bertz CT molecular complexity index is 289. The number of fused-ring (bicyclic) bond motifs is 1. The molecule has 1 amide bonds. The van der Waals surface area contributed by atoms with Gasteiger partial charge in [-0.05, 0) is 0 Å². The van der Waals surface area contributed by atoms with E-state index in [1.165, 1.54) is 0 Å². The van der Waals surface area contributed by atoms with E-state index in [2.05, 4.69) is 0 Å². The lowest BCUT2D eigenvalue weighted by Gasteiger charge is -2.34. The van der Waals surface area contributed by atoms with Gasteiger partial charge in [0.2, 0.25) is 11.0 Å². The fourth-order valence-corrected chi connectivity index (χ4v) is 2.53. The van der Waals surface area contributed by atoms with Gasteiger partial charge in [-0.1, -0.05) is 11.8 Å². The molecule has 2 unspecified atom stereocenters. The molecule has 1 N–H and O–H groups in total. The monoisotopic (exact) mass is 187 g/mol. The summed E-state index contributed by atoms with van der Waals surface area (Å²) in [7, 11) is 0. The summed E-state index contributed by atoms with van der Waals surface area (Å²) >= 11 is 0.941. The third kappa shape index (κ3) is 0.781. The molecule has 0 aromatic rings. The van der Waals surface area contributed by atoms with E-state index in [0.29, 0.717) is 6.42 Å². The number of carbonyl (C=O) groups is 3. The molecule has 0 aromatic carbocycles. The van der Waals surface area contributed by atoms with E-state index in [0.717, 1.165) is 16.7 Å². The van der Waals surface area contributed by atoms with Crippen molar-refractivity contribution in [3.63, 3.8) is 0 Å². The molecule has 0 radical (unpaired) electrons. The number of amides is 1. The summed E-state index contributed by atoms with van der Waals surface area (Å²) in [6.07, 6.45) is 0.292. The summed E-state index contributed by atoms with van der Waals surface area (Å²) in [4.78, 5) is 33.5. The molecular weight excluding hydrogens is 182 g/mol. The Morgan fingerprint density at radius 1 is 1.58 bits per heavy atom. The van der Waals surface area contributed by atoms with E-state index in [1.54, 1.807) is 0 Å². The van der Waals surface area contributed by atoms with Gasteiger partial charge in [-0.25, -0.2) is 4.79 Å². The summed E-state index contributed by atoms with van der Waals surface area (Å²) in [6.45, 7) is 0. The van der Waals surface area contributed by atoms with Gasteiger partial charge in [0.15, 0.2) is 6.04 Å². The maximum absolute atomic E-state index is 11.0. The van der Waals surface area contributed by atoms with Gasteiger partial charge in [0.1, 0.15) is 0 Å². The van der Waals surface area contributed by atoms with Crippen LogP contribution in [0.5, 0.6) is 0 Å². The molecule has 2 heterocycles. The fraction of sp³-hybridized carbons (Fsp3) is 0.500. The van der Waals surface area contributed by atoms with Crippen LogP contribution in [0.3, 0.4) is 0 Å². The van der Waals surface area contributed by atoms with Crippen LogP contribution in [0.2, 0.25) is 0 Å². The average molecular weight is 187 g/mol. The average Bonchev–Trinajstić information content (AvgIpc) is 2.22. The van der Waals surface area contributed by atoms with Crippen molar-refractivity contribution in [2.45, 2.75) is 17.8 Å². The van der Waals surface area contributed by atoms with E-state index in [-0.39, 0.29) is 11.3 Å². The van der Waals surface area contributed by atoms with Crippen LogP contribution < -0.4 is 0 Å². The van der Waals surface area contributed by atoms with E-state index in [9.17, 15) is 14.4 Å². The summed E-state index contributed by atoms with van der Waals surface area (Å²) in [5.74, 6) is -1.48. The second-order valence-electron chi connectivity index (χ2n) is 2.64. The van der Waals surface area contributed by atoms with Crippen LogP contribution in [0.15, 0.2) is 0 Å². The van der Waals surface area contributed by atoms with Gasteiger partial charge in [0.05, 0.1) is 11.8 Å². The van der Waals surface area contributed by atoms with Gasteiger partial charge in [-0.15, -0.1) is 0 Å². The lowest BCUT2D eigenvalue weighted by atomic mass is 10.1.